The number of aromatic nitrogens is 3. The van der Waals surface area contributed by atoms with E-state index in [-0.39, 0.29) is 17.8 Å². The van der Waals surface area contributed by atoms with Crippen molar-refractivity contribution in [1.29, 1.82) is 0 Å². The number of anilines is 1. The Bertz CT molecular complexity index is 1040. The van der Waals surface area contributed by atoms with Crippen molar-refractivity contribution in [2.75, 3.05) is 11.1 Å². The largest absolute Gasteiger partial charge is 0.483 e. The van der Waals surface area contributed by atoms with Gasteiger partial charge < -0.3 is 14.6 Å². The second kappa shape index (κ2) is 10.2. The molecule has 0 bridgehead atoms. The van der Waals surface area contributed by atoms with Gasteiger partial charge in [-0.25, -0.2) is 0 Å². The van der Waals surface area contributed by atoms with E-state index in [1.807, 2.05) is 43.5 Å². The number of benzene rings is 2. The van der Waals surface area contributed by atoms with Gasteiger partial charge in [-0.2, -0.15) is 0 Å². The van der Waals surface area contributed by atoms with Crippen molar-refractivity contribution in [3.8, 4) is 5.75 Å². The molecule has 0 fully saturated rings. The molecular formula is C21H22Cl2N4O2S. The number of nitrogens with zero attached hydrogens (tertiary/aromatic N) is 3. The normalized spacial score (nSPS) is 11.9. The van der Waals surface area contributed by atoms with Gasteiger partial charge in [0.2, 0.25) is 5.91 Å². The highest BCUT2D eigenvalue weighted by Crippen LogP contribution is 2.27. The van der Waals surface area contributed by atoms with Crippen LogP contribution in [0.5, 0.6) is 5.75 Å². The molecular weight excluding hydrogens is 443 g/mol. The summed E-state index contributed by atoms with van der Waals surface area (Å²) in [6.45, 7) is 6.51. The molecule has 30 heavy (non-hydrogen) atoms. The number of ether oxygens (including phenoxy) is 1. The lowest BCUT2D eigenvalue weighted by molar-refractivity contribution is -0.113. The van der Waals surface area contributed by atoms with Crippen molar-refractivity contribution in [2.24, 2.45) is 0 Å². The van der Waals surface area contributed by atoms with Crippen LogP contribution < -0.4 is 10.1 Å². The highest BCUT2D eigenvalue weighted by Gasteiger charge is 2.19. The molecule has 1 aromatic heterocycles. The van der Waals surface area contributed by atoms with Gasteiger partial charge >= 0.3 is 0 Å². The Balaban J connectivity index is 1.64. The lowest BCUT2D eigenvalue weighted by Crippen LogP contribution is -2.15. The molecule has 6 nitrogen and oxygen atoms in total. The summed E-state index contributed by atoms with van der Waals surface area (Å²) < 4.78 is 7.97. The van der Waals surface area contributed by atoms with E-state index < -0.39 is 0 Å². The highest BCUT2D eigenvalue weighted by molar-refractivity contribution is 7.99. The van der Waals surface area contributed by atoms with E-state index in [9.17, 15) is 4.79 Å². The minimum atomic E-state index is -0.312. The van der Waals surface area contributed by atoms with Gasteiger partial charge in [0.1, 0.15) is 5.75 Å². The van der Waals surface area contributed by atoms with Gasteiger partial charge in [-0.3, -0.25) is 4.79 Å². The standard InChI is InChI=1S/C21H22Cl2N4O2S/c1-4-27-20(14(3)29-17-8-9-18(23)13(2)10-17)25-26-21(27)30-12-19(28)24-16-7-5-6-15(22)11-16/h5-11,14H,4,12H2,1-3H3,(H,24,28). The summed E-state index contributed by atoms with van der Waals surface area (Å²) in [5.41, 5.74) is 1.60. The van der Waals surface area contributed by atoms with Gasteiger partial charge in [-0.1, -0.05) is 41.0 Å². The zero-order valence-electron chi connectivity index (χ0n) is 16.9. The van der Waals surface area contributed by atoms with Crippen LogP contribution in [0, 0.1) is 6.92 Å². The second-order valence-corrected chi connectivity index (χ2v) is 8.39. The summed E-state index contributed by atoms with van der Waals surface area (Å²) in [6.07, 6.45) is -0.312. The van der Waals surface area contributed by atoms with E-state index in [0.29, 0.717) is 39.0 Å². The maximum absolute atomic E-state index is 12.3. The number of carbonyl (C=O) groups is 1. The predicted octanol–water partition coefficient (Wildman–Crippen LogP) is 5.78. The van der Waals surface area contributed by atoms with Crippen LogP contribution in [0.15, 0.2) is 47.6 Å². The number of hydrogen-bond donors (Lipinski definition) is 1. The molecule has 1 amide bonds. The van der Waals surface area contributed by atoms with Crippen LogP contribution in [0.25, 0.3) is 0 Å². The van der Waals surface area contributed by atoms with Crippen molar-refractivity contribution < 1.29 is 9.53 Å². The molecule has 1 heterocycles. The monoisotopic (exact) mass is 464 g/mol. The molecule has 0 aliphatic carbocycles. The first kappa shape index (κ1) is 22.5. The molecule has 3 aromatic rings. The molecule has 0 spiro atoms. The fraction of sp³-hybridized carbons (Fsp3) is 0.286. The van der Waals surface area contributed by atoms with Crippen LogP contribution in [0.2, 0.25) is 10.0 Å². The summed E-state index contributed by atoms with van der Waals surface area (Å²) in [5.74, 6) is 1.47. The molecule has 0 aliphatic rings. The minimum Gasteiger partial charge on any atom is -0.483 e. The van der Waals surface area contributed by atoms with Gasteiger partial charge in [0.05, 0.1) is 5.75 Å². The van der Waals surface area contributed by atoms with E-state index in [1.54, 1.807) is 24.3 Å². The predicted molar refractivity (Wildman–Crippen MR) is 122 cm³/mol. The first-order valence-electron chi connectivity index (χ1n) is 9.41. The zero-order valence-corrected chi connectivity index (χ0v) is 19.2. The molecule has 158 valence electrons. The van der Waals surface area contributed by atoms with Crippen molar-refractivity contribution in [3.63, 3.8) is 0 Å². The molecule has 9 heteroatoms. The SMILES string of the molecule is CCn1c(SCC(=O)Nc2cccc(Cl)c2)nnc1C(C)Oc1ccc(Cl)c(C)c1. The van der Waals surface area contributed by atoms with Gasteiger partial charge in [0.15, 0.2) is 17.1 Å². The lowest BCUT2D eigenvalue weighted by Gasteiger charge is -2.16. The second-order valence-electron chi connectivity index (χ2n) is 6.60. The van der Waals surface area contributed by atoms with Gasteiger partial charge in [-0.05, 0) is 62.7 Å². The number of nitrogens with one attached hydrogen (secondary N) is 1. The van der Waals surface area contributed by atoms with Crippen molar-refractivity contribution >= 4 is 46.6 Å². The Hall–Kier alpha value is -2.22. The molecule has 1 N–H and O–H groups in total. The van der Waals surface area contributed by atoms with Gasteiger partial charge in [0, 0.05) is 22.3 Å². The third kappa shape index (κ3) is 5.68. The fourth-order valence-corrected chi connectivity index (χ4v) is 3.96. The molecule has 3 rings (SSSR count). The van der Waals surface area contributed by atoms with E-state index in [0.717, 1.165) is 5.56 Å². The van der Waals surface area contributed by atoms with E-state index >= 15 is 0 Å². The van der Waals surface area contributed by atoms with Crippen LogP contribution >= 0.6 is 35.0 Å². The first-order valence-corrected chi connectivity index (χ1v) is 11.2. The van der Waals surface area contributed by atoms with Crippen molar-refractivity contribution in [2.45, 2.75) is 38.6 Å². The summed E-state index contributed by atoms with van der Waals surface area (Å²) in [6, 6.07) is 12.6. The third-order valence-corrected chi connectivity index (χ3v) is 5.93. The topological polar surface area (TPSA) is 69.0 Å². The summed E-state index contributed by atoms with van der Waals surface area (Å²) >= 11 is 13.4. The molecule has 0 radical (unpaired) electrons. The number of hydrogen-bond acceptors (Lipinski definition) is 5. The van der Waals surface area contributed by atoms with Crippen LogP contribution in [0.4, 0.5) is 5.69 Å². The van der Waals surface area contributed by atoms with E-state index in [1.165, 1.54) is 11.8 Å². The Morgan fingerprint density at radius 1 is 1.23 bits per heavy atom. The average Bonchev–Trinajstić information content (AvgIpc) is 3.12. The number of halogens is 2. The molecule has 0 aliphatic heterocycles. The number of carbonyl (C=O) groups excluding carboxylic acids is 1. The van der Waals surface area contributed by atoms with Crippen LogP contribution in [-0.2, 0) is 11.3 Å². The number of rotatable bonds is 8. The average molecular weight is 465 g/mol. The summed E-state index contributed by atoms with van der Waals surface area (Å²) in [7, 11) is 0. The fourth-order valence-electron chi connectivity index (χ4n) is 2.85. The molecule has 1 unspecified atom stereocenters. The van der Waals surface area contributed by atoms with Gasteiger partial charge in [0.25, 0.3) is 0 Å². The quantitative estimate of drug-likeness (QED) is 0.427. The van der Waals surface area contributed by atoms with Crippen molar-refractivity contribution in [1.82, 2.24) is 14.8 Å². The van der Waals surface area contributed by atoms with Crippen LogP contribution in [0.3, 0.4) is 0 Å². The maximum Gasteiger partial charge on any atom is 0.234 e. The molecule has 1 atom stereocenters. The Morgan fingerprint density at radius 2 is 2.03 bits per heavy atom. The maximum atomic E-state index is 12.3. The van der Waals surface area contributed by atoms with Crippen molar-refractivity contribution in [3.05, 3.63) is 63.9 Å². The Kier molecular flexibility index (Phi) is 7.64. The van der Waals surface area contributed by atoms with Gasteiger partial charge in [-0.15, -0.1) is 10.2 Å². The molecule has 2 aromatic carbocycles. The smallest absolute Gasteiger partial charge is 0.234 e. The number of aryl methyl sites for hydroxylation is 1. The zero-order chi connectivity index (χ0) is 21.7. The van der Waals surface area contributed by atoms with Crippen LogP contribution in [0.1, 0.15) is 31.3 Å². The van der Waals surface area contributed by atoms with E-state index in [4.69, 9.17) is 27.9 Å². The highest BCUT2D eigenvalue weighted by atomic mass is 35.5. The first-order chi connectivity index (χ1) is 14.4. The van der Waals surface area contributed by atoms with E-state index in [2.05, 4.69) is 15.5 Å². The molecule has 0 saturated carbocycles. The summed E-state index contributed by atoms with van der Waals surface area (Å²) in [5, 5.41) is 13.3. The Labute approximate surface area is 189 Å². The third-order valence-electron chi connectivity index (χ3n) is 4.31. The summed E-state index contributed by atoms with van der Waals surface area (Å²) in [4.78, 5) is 12.3. The molecule has 0 saturated heterocycles. The lowest BCUT2D eigenvalue weighted by atomic mass is 10.2. The van der Waals surface area contributed by atoms with Crippen LogP contribution in [-0.4, -0.2) is 26.4 Å². The minimum absolute atomic E-state index is 0.143. The number of thioether (sulfide) groups is 1. The number of amides is 1. The Morgan fingerprint density at radius 3 is 2.73 bits per heavy atom.